The van der Waals surface area contributed by atoms with Crippen molar-refractivity contribution in [2.75, 3.05) is 47.7 Å². The van der Waals surface area contributed by atoms with Crippen molar-refractivity contribution >= 4 is 17.7 Å². The van der Waals surface area contributed by atoms with Crippen LogP contribution in [0.2, 0.25) is 0 Å². The zero-order valence-electron chi connectivity index (χ0n) is 17.4. The second-order valence-electron chi connectivity index (χ2n) is 6.77. The molecule has 0 unspecified atom stereocenters. The molecule has 2 aromatic rings. The van der Waals surface area contributed by atoms with Crippen LogP contribution in [0.3, 0.4) is 0 Å². The number of nitrogens with zero attached hydrogens (tertiary/aromatic N) is 2. The van der Waals surface area contributed by atoms with Crippen LogP contribution in [-0.4, -0.2) is 63.4 Å². The summed E-state index contributed by atoms with van der Waals surface area (Å²) < 4.78 is 10.6. The number of carbonyl (C=O) groups excluding carboxylic acids is 1. The molecule has 0 spiro atoms. The first kappa shape index (κ1) is 22.1. The van der Waals surface area contributed by atoms with Crippen LogP contribution in [0.1, 0.15) is 11.1 Å². The van der Waals surface area contributed by atoms with Crippen molar-refractivity contribution in [1.29, 1.82) is 0 Å². The zero-order chi connectivity index (χ0) is 20.5. The molecule has 0 radical (unpaired) electrons. The molecule has 6 heteroatoms. The maximum Gasteiger partial charge on any atom is 0.236 e. The Morgan fingerprint density at radius 2 is 1.61 bits per heavy atom. The van der Waals surface area contributed by atoms with E-state index in [-0.39, 0.29) is 5.91 Å². The van der Waals surface area contributed by atoms with Crippen LogP contribution in [0, 0.1) is 0 Å². The minimum atomic E-state index is 0.115. The highest BCUT2D eigenvalue weighted by Crippen LogP contribution is 2.27. The predicted molar refractivity (Wildman–Crippen MR) is 115 cm³/mol. The molecule has 5 nitrogen and oxygen atoms in total. The summed E-state index contributed by atoms with van der Waals surface area (Å²) in [6.45, 7) is 1.81. The molecule has 0 heterocycles. The second-order valence-corrected chi connectivity index (χ2v) is 7.65. The molecule has 0 bridgehead atoms. The van der Waals surface area contributed by atoms with Crippen LogP contribution in [0.15, 0.2) is 47.4 Å². The molecule has 2 aromatic carbocycles. The molecule has 0 aliphatic heterocycles. The van der Waals surface area contributed by atoms with Crippen LogP contribution in [0.4, 0.5) is 0 Å². The van der Waals surface area contributed by atoms with Crippen molar-refractivity contribution in [3.63, 3.8) is 0 Å². The summed E-state index contributed by atoms with van der Waals surface area (Å²) in [5, 5.41) is 0. The summed E-state index contributed by atoms with van der Waals surface area (Å²) in [7, 11) is 7.09. The minimum absolute atomic E-state index is 0.115. The van der Waals surface area contributed by atoms with Gasteiger partial charge in [0.2, 0.25) is 5.91 Å². The summed E-state index contributed by atoms with van der Waals surface area (Å²) in [6, 6.07) is 14.3. The highest BCUT2D eigenvalue weighted by Gasteiger charge is 2.13. The van der Waals surface area contributed by atoms with E-state index in [0.717, 1.165) is 35.6 Å². The maximum absolute atomic E-state index is 12.5. The van der Waals surface area contributed by atoms with E-state index in [2.05, 4.69) is 30.5 Å². The van der Waals surface area contributed by atoms with Crippen LogP contribution in [0.5, 0.6) is 11.5 Å². The van der Waals surface area contributed by atoms with Crippen molar-refractivity contribution in [3.05, 3.63) is 53.6 Å². The fraction of sp³-hybridized carbons (Fsp3) is 0.409. The third kappa shape index (κ3) is 6.46. The van der Waals surface area contributed by atoms with Gasteiger partial charge in [-0.15, -0.1) is 11.8 Å². The predicted octanol–water partition coefficient (Wildman–Crippen LogP) is 3.56. The van der Waals surface area contributed by atoms with E-state index < -0.39 is 0 Å². The second kappa shape index (κ2) is 11.0. The van der Waals surface area contributed by atoms with Crippen molar-refractivity contribution in [2.24, 2.45) is 0 Å². The summed E-state index contributed by atoms with van der Waals surface area (Å²) in [4.78, 5) is 17.6. The fourth-order valence-electron chi connectivity index (χ4n) is 2.88. The number of hydrogen-bond acceptors (Lipinski definition) is 5. The van der Waals surface area contributed by atoms with Crippen LogP contribution in [0.25, 0.3) is 0 Å². The summed E-state index contributed by atoms with van der Waals surface area (Å²) in [5.74, 6) is 1.57. The molecule has 1 amide bonds. The zero-order valence-corrected chi connectivity index (χ0v) is 18.2. The van der Waals surface area contributed by atoms with E-state index >= 15 is 0 Å². The third-order valence-corrected chi connectivity index (χ3v) is 5.38. The molecule has 0 aliphatic rings. The lowest BCUT2D eigenvalue weighted by Crippen LogP contribution is -2.37. The van der Waals surface area contributed by atoms with E-state index in [9.17, 15) is 4.79 Å². The van der Waals surface area contributed by atoms with Gasteiger partial charge in [-0.05, 0) is 55.1 Å². The smallest absolute Gasteiger partial charge is 0.236 e. The molecule has 0 fully saturated rings. The van der Waals surface area contributed by atoms with Gasteiger partial charge in [0.25, 0.3) is 0 Å². The van der Waals surface area contributed by atoms with Gasteiger partial charge >= 0.3 is 0 Å². The Morgan fingerprint density at radius 1 is 0.964 bits per heavy atom. The third-order valence-electron chi connectivity index (χ3n) is 4.64. The van der Waals surface area contributed by atoms with Gasteiger partial charge < -0.3 is 14.4 Å². The molecule has 0 saturated carbocycles. The van der Waals surface area contributed by atoms with Crippen molar-refractivity contribution < 1.29 is 14.3 Å². The Balaban J connectivity index is 1.82. The molecule has 2 rings (SSSR count). The number of carbonyl (C=O) groups is 1. The summed E-state index contributed by atoms with van der Waals surface area (Å²) in [6.07, 6.45) is 2.90. The van der Waals surface area contributed by atoms with Crippen LogP contribution in [-0.2, 0) is 17.8 Å². The first-order chi connectivity index (χ1) is 13.5. The summed E-state index contributed by atoms with van der Waals surface area (Å²) >= 11 is 1.72. The van der Waals surface area contributed by atoms with Gasteiger partial charge in [0.15, 0.2) is 11.5 Å². The van der Waals surface area contributed by atoms with E-state index in [1.54, 1.807) is 30.9 Å². The van der Waals surface area contributed by atoms with Gasteiger partial charge in [0.1, 0.15) is 0 Å². The number of methoxy groups -OCH3 is 2. The first-order valence-corrected chi connectivity index (χ1v) is 10.5. The highest BCUT2D eigenvalue weighted by molar-refractivity contribution is 7.98. The molecule has 28 heavy (non-hydrogen) atoms. The average Bonchev–Trinajstić information content (AvgIpc) is 2.72. The SMILES string of the molecule is COc1ccc(CCN(C)CC(=O)N(C)Cc2ccc(SC)cc2)cc1OC. The minimum Gasteiger partial charge on any atom is -0.493 e. The molecule has 152 valence electrons. The molecule has 0 N–H and O–H groups in total. The van der Waals surface area contributed by atoms with Gasteiger partial charge in [-0.3, -0.25) is 9.69 Å². The van der Waals surface area contributed by atoms with Crippen molar-refractivity contribution in [2.45, 2.75) is 17.9 Å². The van der Waals surface area contributed by atoms with Crippen LogP contribution < -0.4 is 9.47 Å². The molecule has 0 atom stereocenters. The Bertz CT molecular complexity index is 765. The summed E-state index contributed by atoms with van der Waals surface area (Å²) in [5.41, 5.74) is 2.29. The number of thioether (sulfide) groups is 1. The van der Waals surface area contributed by atoms with E-state index in [1.807, 2.05) is 37.2 Å². The normalized spacial score (nSPS) is 10.8. The quantitative estimate of drug-likeness (QED) is 0.569. The first-order valence-electron chi connectivity index (χ1n) is 9.23. The lowest BCUT2D eigenvalue weighted by atomic mass is 10.1. The van der Waals surface area contributed by atoms with Gasteiger partial charge in [0.05, 0.1) is 20.8 Å². The number of rotatable bonds is 10. The highest BCUT2D eigenvalue weighted by atomic mass is 32.2. The van der Waals surface area contributed by atoms with Gasteiger partial charge in [0, 0.05) is 25.0 Å². The number of benzene rings is 2. The fourth-order valence-corrected chi connectivity index (χ4v) is 3.29. The lowest BCUT2D eigenvalue weighted by molar-refractivity contribution is -0.131. The van der Waals surface area contributed by atoms with Gasteiger partial charge in [-0.25, -0.2) is 0 Å². The standard InChI is InChI=1S/C22H30N2O3S/c1-23(13-12-17-8-11-20(26-3)21(14-17)27-4)16-22(25)24(2)15-18-6-9-19(28-5)10-7-18/h6-11,14H,12-13,15-16H2,1-5H3. The maximum atomic E-state index is 12.5. The van der Waals surface area contributed by atoms with Crippen molar-refractivity contribution in [1.82, 2.24) is 9.80 Å². The number of hydrogen-bond donors (Lipinski definition) is 0. The molecule has 0 saturated heterocycles. The molecular formula is C22H30N2O3S. The lowest BCUT2D eigenvalue weighted by Gasteiger charge is -2.22. The molecular weight excluding hydrogens is 372 g/mol. The largest absolute Gasteiger partial charge is 0.493 e. The Labute approximate surface area is 172 Å². The molecule has 0 aromatic heterocycles. The van der Waals surface area contributed by atoms with E-state index in [4.69, 9.17) is 9.47 Å². The Hall–Kier alpha value is -2.18. The average molecular weight is 403 g/mol. The number of ether oxygens (including phenoxy) is 2. The van der Waals surface area contributed by atoms with E-state index in [0.29, 0.717) is 13.1 Å². The van der Waals surface area contributed by atoms with Crippen molar-refractivity contribution in [3.8, 4) is 11.5 Å². The van der Waals surface area contributed by atoms with Gasteiger partial charge in [-0.1, -0.05) is 18.2 Å². The number of amides is 1. The monoisotopic (exact) mass is 402 g/mol. The Morgan fingerprint density at radius 3 is 2.21 bits per heavy atom. The topological polar surface area (TPSA) is 42.0 Å². The van der Waals surface area contributed by atoms with Crippen LogP contribution >= 0.6 is 11.8 Å². The Kier molecular flexibility index (Phi) is 8.67. The number of likely N-dealkylation sites (N-methyl/N-ethyl adjacent to an activating group) is 2. The van der Waals surface area contributed by atoms with Gasteiger partial charge in [-0.2, -0.15) is 0 Å². The molecule has 0 aliphatic carbocycles. The van der Waals surface area contributed by atoms with E-state index in [1.165, 1.54) is 4.90 Å².